The van der Waals surface area contributed by atoms with Gasteiger partial charge in [0, 0.05) is 42.6 Å². The number of ether oxygens (including phenoxy) is 1. The third-order valence-corrected chi connectivity index (χ3v) is 5.98. The molecule has 2 aromatic heterocycles. The van der Waals surface area contributed by atoms with Crippen LogP contribution in [0.25, 0.3) is 16.6 Å². The van der Waals surface area contributed by atoms with Crippen molar-refractivity contribution >= 4 is 28.4 Å². The third-order valence-electron chi connectivity index (χ3n) is 5.98. The van der Waals surface area contributed by atoms with Crippen LogP contribution in [0.15, 0.2) is 36.4 Å². The maximum Gasteiger partial charge on any atom is 0.253 e. The van der Waals surface area contributed by atoms with E-state index in [1.807, 2.05) is 38.1 Å². The van der Waals surface area contributed by atoms with Gasteiger partial charge in [0.2, 0.25) is 5.95 Å². The summed E-state index contributed by atoms with van der Waals surface area (Å²) >= 11 is 0. The molecule has 39 heavy (non-hydrogen) atoms. The molecule has 9 nitrogen and oxygen atoms in total. The van der Waals surface area contributed by atoms with Crippen LogP contribution >= 0.6 is 0 Å². The number of aryl methyl sites for hydroxylation is 1. The number of hydrogen-bond donors (Lipinski definition) is 2. The molecule has 0 saturated carbocycles. The zero-order chi connectivity index (χ0) is 29.3. The molecule has 0 aliphatic heterocycles. The molecule has 0 saturated heterocycles. The second kappa shape index (κ2) is 13.2. The SMILES string of the molecule is C#C.C#C.COc1cc2nc(N)n3nc(CCCCN(C)C(=O)c4ccc(C(C)(C)N)cc4)nc3c2cc1F. The second-order valence-electron chi connectivity index (χ2n) is 9.22. The number of benzene rings is 2. The van der Waals surface area contributed by atoms with Gasteiger partial charge in [-0.2, -0.15) is 4.52 Å². The van der Waals surface area contributed by atoms with Gasteiger partial charge in [-0.1, -0.05) is 12.1 Å². The van der Waals surface area contributed by atoms with E-state index in [-0.39, 0.29) is 17.6 Å². The van der Waals surface area contributed by atoms with Crippen LogP contribution < -0.4 is 16.2 Å². The number of anilines is 1. The van der Waals surface area contributed by atoms with Crippen LogP contribution in [0.3, 0.4) is 0 Å². The summed E-state index contributed by atoms with van der Waals surface area (Å²) in [6, 6.07) is 10.2. The lowest BCUT2D eigenvalue weighted by atomic mass is 9.95. The number of terminal acetylenes is 2. The Bertz CT molecular complexity index is 1460. The van der Waals surface area contributed by atoms with Gasteiger partial charge in [-0.25, -0.2) is 14.4 Å². The van der Waals surface area contributed by atoms with Gasteiger partial charge in [-0.3, -0.25) is 4.79 Å². The van der Waals surface area contributed by atoms with Crippen molar-refractivity contribution in [1.29, 1.82) is 0 Å². The zero-order valence-electron chi connectivity index (χ0n) is 22.7. The highest BCUT2D eigenvalue weighted by Gasteiger charge is 2.17. The number of nitrogen functional groups attached to an aromatic ring is 1. The van der Waals surface area contributed by atoms with E-state index in [4.69, 9.17) is 16.2 Å². The van der Waals surface area contributed by atoms with Gasteiger partial charge < -0.3 is 21.1 Å². The molecule has 204 valence electrons. The van der Waals surface area contributed by atoms with Crippen LogP contribution in [0.1, 0.15) is 48.4 Å². The number of fused-ring (bicyclic) bond motifs is 3. The Morgan fingerprint density at radius 2 is 1.74 bits per heavy atom. The molecule has 0 atom stereocenters. The van der Waals surface area contributed by atoms with E-state index in [2.05, 4.69) is 40.8 Å². The summed E-state index contributed by atoms with van der Waals surface area (Å²) in [6.07, 6.45) is 18.1. The van der Waals surface area contributed by atoms with Crippen molar-refractivity contribution in [3.8, 4) is 31.4 Å². The number of nitrogens with two attached hydrogens (primary N) is 2. The molecule has 4 rings (SSSR count). The van der Waals surface area contributed by atoms with Crippen molar-refractivity contribution in [3.05, 3.63) is 59.2 Å². The number of carbonyl (C=O) groups excluding carboxylic acids is 1. The Labute approximate surface area is 228 Å². The van der Waals surface area contributed by atoms with Crippen molar-refractivity contribution in [2.75, 3.05) is 26.4 Å². The second-order valence-corrected chi connectivity index (χ2v) is 9.22. The normalized spacial score (nSPS) is 10.7. The Balaban J connectivity index is 0.00000127. The van der Waals surface area contributed by atoms with Gasteiger partial charge in [0.15, 0.2) is 23.0 Å². The van der Waals surface area contributed by atoms with E-state index < -0.39 is 11.4 Å². The monoisotopic (exact) mass is 531 g/mol. The molecule has 0 aliphatic carbocycles. The number of nitrogens with zero attached hydrogens (tertiary/aromatic N) is 5. The number of hydrogen-bond acceptors (Lipinski definition) is 7. The minimum absolute atomic E-state index is 0.0417. The van der Waals surface area contributed by atoms with Crippen LogP contribution in [0.2, 0.25) is 0 Å². The fourth-order valence-electron chi connectivity index (χ4n) is 3.93. The van der Waals surface area contributed by atoms with Crippen molar-refractivity contribution in [1.82, 2.24) is 24.5 Å². The smallest absolute Gasteiger partial charge is 0.253 e. The van der Waals surface area contributed by atoms with Gasteiger partial charge in [-0.15, -0.1) is 30.8 Å². The molecule has 0 radical (unpaired) electrons. The van der Waals surface area contributed by atoms with Gasteiger partial charge >= 0.3 is 0 Å². The summed E-state index contributed by atoms with van der Waals surface area (Å²) in [5.41, 5.74) is 14.2. The van der Waals surface area contributed by atoms with E-state index in [1.165, 1.54) is 23.8 Å². The quantitative estimate of drug-likeness (QED) is 0.262. The summed E-state index contributed by atoms with van der Waals surface area (Å²) in [6.45, 7) is 4.45. The molecular weight excluding hydrogens is 497 g/mol. The number of rotatable bonds is 8. The Morgan fingerprint density at radius 3 is 2.33 bits per heavy atom. The molecule has 0 aliphatic rings. The minimum Gasteiger partial charge on any atom is -0.494 e. The first-order valence-electron chi connectivity index (χ1n) is 12.1. The average molecular weight is 532 g/mol. The molecule has 10 heteroatoms. The van der Waals surface area contributed by atoms with Gasteiger partial charge in [-0.05, 0) is 50.5 Å². The number of methoxy groups -OCH3 is 1. The summed E-state index contributed by atoms with van der Waals surface area (Å²) in [5, 5.41) is 4.94. The summed E-state index contributed by atoms with van der Waals surface area (Å²) in [5.74, 6) is 0.281. The molecule has 0 unspecified atom stereocenters. The average Bonchev–Trinajstić information content (AvgIpc) is 3.38. The fourth-order valence-corrected chi connectivity index (χ4v) is 3.93. The molecule has 0 bridgehead atoms. The summed E-state index contributed by atoms with van der Waals surface area (Å²) in [4.78, 5) is 23.3. The number of aromatic nitrogens is 4. The van der Waals surface area contributed by atoms with E-state index in [9.17, 15) is 9.18 Å². The molecule has 2 heterocycles. The van der Waals surface area contributed by atoms with E-state index >= 15 is 0 Å². The fraction of sp³-hybridized carbons (Fsp3) is 0.310. The molecule has 1 amide bonds. The molecular formula is C29H34FN7O2. The van der Waals surface area contributed by atoms with Crippen molar-refractivity contribution in [2.24, 2.45) is 5.73 Å². The summed E-state index contributed by atoms with van der Waals surface area (Å²) in [7, 11) is 3.18. The Morgan fingerprint density at radius 1 is 1.10 bits per heavy atom. The van der Waals surface area contributed by atoms with Crippen molar-refractivity contribution in [3.63, 3.8) is 0 Å². The number of unbranched alkanes of at least 4 members (excludes halogenated alkanes) is 1. The van der Waals surface area contributed by atoms with Crippen LogP contribution in [-0.4, -0.2) is 51.1 Å². The third kappa shape index (κ3) is 7.01. The number of carbonyl (C=O) groups is 1. The first kappa shape index (κ1) is 30.6. The van der Waals surface area contributed by atoms with Crippen LogP contribution in [-0.2, 0) is 12.0 Å². The first-order valence-corrected chi connectivity index (χ1v) is 12.1. The molecule has 4 N–H and O–H groups in total. The Hall–Kier alpha value is -4.67. The summed E-state index contributed by atoms with van der Waals surface area (Å²) < 4.78 is 20.7. The standard InChI is InChI=1S/C25H30FN7O2.2C2H2/c1-25(2,28)16-10-8-15(9-11-16)23(34)32(3)12-6-5-7-21-30-22-17-13-18(26)20(35-4)14-19(17)29-24(27)33(22)31-21;2*1-2/h8-11,13-14H,5-7,12,28H2,1-4H3,(H2,27,29);2*1-2H. The zero-order valence-corrected chi connectivity index (χ0v) is 22.7. The highest BCUT2D eigenvalue weighted by molar-refractivity contribution is 5.94. The van der Waals surface area contributed by atoms with Gasteiger partial charge in [0.1, 0.15) is 0 Å². The highest BCUT2D eigenvalue weighted by Crippen LogP contribution is 2.27. The molecule has 2 aromatic carbocycles. The van der Waals surface area contributed by atoms with Crippen molar-refractivity contribution in [2.45, 2.75) is 38.6 Å². The van der Waals surface area contributed by atoms with E-state index in [0.717, 1.165) is 18.4 Å². The predicted molar refractivity (Wildman–Crippen MR) is 153 cm³/mol. The number of amides is 1. The van der Waals surface area contributed by atoms with E-state index in [1.54, 1.807) is 11.9 Å². The first-order chi connectivity index (χ1) is 18.6. The topological polar surface area (TPSA) is 125 Å². The Kier molecular flexibility index (Phi) is 10.4. The lowest BCUT2D eigenvalue weighted by Gasteiger charge is -2.20. The van der Waals surface area contributed by atoms with Crippen LogP contribution in [0, 0.1) is 31.5 Å². The molecule has 4 aromatic rings. The minimum atomic E-state index is -0.507. The predicted octanol–water partition coefficient (Wildman–Crippen LogP) is 3.79. The lowest BCUT2D eigenvalue weighted by Crippen LogP contribution is -2.29. The van der Waals surface area contributed by atoms with Crippen molar-refractivity contribution < 1.29 is 13.9 Å². The maximum atomic E-state index is 14.3. The van der Waals surface area contributed by atoms with Gasteiger partial charge in [0.05, 0.1) is 12.6 Å². The van der Waals surface area contributed by atoms with E-state index in [0.29, 0.717) is 40.9 Å². The van der Waals surface area contributed by atoms with Gasteiger partial charge in [0.25, 0.3) is 5.91 Å². The number of halogens is 1. The molecule has 0 fully saturated rings. The lowest BCUT2D eigenvalue weighted by molar-refractivity contribution is 0.0792. The highest BCUT2D eigenvalue weighted by atomic mass is 19.1. The maximum absolute atomic E-state index is 14.3. The van der Waals surface area contributed by atoms with Crippen LogP contribution in [0.4, 0.5) is 10.3 Å². The molecule has 0 spiro atoms. The van der Waals surface area contributed by atoms with Crippen LogP contribution in [0.5, 0.6) is 5.75 Å². The largest absolute Gasteiger partial charge is 0.494 e.